The summed E-state index contributed by atoms with van der Waals surface area (Å²) in [4.78, 5) is 0. The molecule has 0 radical (unpaired) electrons. The predicted octanol–water partition coefficient (Wildman–Crippen LogP) is 4.01. The molecular formula is C19H24O. The third kappa shape index (κ3) is 4.21. The van der Waals surface area contributed by atoms with Crippen molar-refractivity contribution in [2.75, 3.05) is 6.61 Å². The van der Waals surface area contributed by atoms with Gasteiger partial charge in [0.25, 0.3) is 0 Å². The number of benzene rings is 2. The Morgan fingerprint density at radius 2 is 1.40 bits per heavy atom. The average Bonchev–Trinajstić information content (AvgIpc) is 2.36. The molecule has 0 bridgehead atoms. The number of aryl methyl sites for hydroxylation is 3. The van der Waals surface area contributed by atoms with Crippen LogP contribution in [-0.4, -0.2) is 11.7 Å². The van der Waals surface area contributed by atoms with E-state index >= 15 is 0 Å². The standard InChI is InChI=1S/C19H24O/c1-14-5-4-6-17(8-14)11-19(13-20)12-18-9-15(2)7-16(3)10-18/h4-10,19-20H,11-13H2,1-3H3. The van der Waals surface area contributed by atoms with Crippen LogP contribution in [0.5, 0.6) is 0 Å². The van der Waals surface area contributed by atoms with Gasteiger partial charge in [0, 0.05) is 6.61 Å². The molecule has 0 saturated heterocycles. The van der Waals surface area contributed by atoms with Gasteiger partial charge in [0.05, 0.1) is 0 Å². The first kappa shape index (κ1) is 14.8. The Bertz CT molecular complexity index is 551. The summed E-state index contributed by atoms with van der Waals surface area (Å²) < 4.78 is 0. The Morgan fingerprint density at radius 3 is 2.00 bits per heavy atom. The zero-order chi connectivity index (χ0) is 14.5. The van der Waals surface area contributed by atoms with Crippen molar-refractivity contribution in [3.8, 4) is 0 Å². The molecule has 1 atom stereocenters. The number of aliphatic hydroxyl groups excluding tert-OH is 1. The van der Waals surface area contributed by atoms with E-state index in [0.29, 0.717) is 0 Å². The summed E-state index contributed by atoms with van der Waals surface area (Å²) >= 11 is 0. The Hall–Kier alpha value is -1.60. The minimum absolute atomic E-state index is 0.237. The fourth-order valence-electron chi connectivity index (χ4n) is 2.89. The topological polar surface area (TPSA) is 20.2 Å². The Morgan fingerprint density at radius 1 is 0.800 bits per heavy atom. The summed E-state index contributed by atoms with van der Waals surface area (Å²) in [5.41, 5.74) is 6.52. The van der Waals surface area contributed by atoms with Crippen LogP contribution in [0.15, 0.2) is 42.5 Å². The molecule has 0 heterocycles. The molecule has 0 aromatic heterocycles. The second-order valence-electron chi connectivity index (χ2n) is 5.94. The largest absolute Gasteiger partial charge is 0.396 e. The Balaban J connectivity index is 2.09. The van der Waals surface area contributed by atoms with Gasteiger partial charge in [-0.15, -0.1) is 0 Å². The van der Waals surface area contributed by atoms with Gasteiger partial charge in [-0.3, -0.25) is 0 Å². The molecule has 20 heavy (non-hydrogen) atoms. The highest BCUT2D eigenvalue weighted by atomic mass is 16.3. The molecule has 0 aliphatic heterocycles. The van der Waals surface area contributed by atoms with Gasteiger partial charge in [0.15, 0.2) is 0 Å². The monoisotopic (exact) mass is 268 g/mol. The van der Waals surface area contributed by atoms with Crippen LogP contribution in [-0.2, 0) is 12.8 Å². The normalized spacial score (nSPS) is 12.4. The lowest BCUT2D eigenvalue weighted by molar-refractivity contribution is 0.225. The molecule has 2 aromatic rings. The molecule has 106 valence electrons. The summed E-state index contributed by atoms with van der Waals surface area (Å²) in [6, 6.07) is 15.2. The van der Waals surface area contributed by atoms with E-state index in [0.717, 1.165) is 12.8 Å². The molecule has 1 unspecified atom stereocenters. The van der Waals surface area contributed by atoms with Crippen LogP contribution < -0.4 is 0 Å². The van der Waals surface area contributed by atoms with E-state index in [1.807, 2.05) is 0 Å². The molecule has 0 amide bonds. The van der Waals surface area contributed by atoms with Crippen LogP contribution in [0.1, 0.15) is 27.8 Å². The molecule has 0 saturated carbocycles. The zero-order valence-corrected chi connectivity index (χ0v) is 12.7. The highest BCUT2D eigenvalue weighted by Gasteiger charge is 2.10. The van der Waals surface area contributed by atoms with Crippen LogP contribution >= 0.6 is 0 Å². The van der Waals surface area contributed by atoms with E-state index < -0.39 is 0 Å². The van der Waals surface area contributed by atoms with Crippen LogP contribution in [0, 0.1) is 26.7 Å². The highest BCUT2D eigenvalue weighted by Crippen LogP contribution is 2.17. The summed E-state index contributed by atoms with van der Waals surface area (Å²) in [7, 11) is 0. The minimum atomic E-state index is 0.237. The Labute approximate surface area is 122 Å². The predicted molar refractivity (Wildman–Crippen MR) is 85.1 cm³/mol. The van der Waals surface area contributed by atoms with Crippen LogP contribution in [0.2, 0.25) is 0 Å². The van der Waals surface area contributed by atoms with E-state index in [9.17, 15) is 5.11 Å². The molecule has 1 N–H and O–H groups in total. The van der Waals surface area contributed by atoms with E-state index in [4.69, 9.17) is 0 Å². The first-order valence-corrected chi connectivity index (χ1v) is 7.30. The Kier molecular flexibility index (Phi) is 4.97. The summed E-state index contributed by atoms with van der Waals surface area (Å²) in [6.45, 7) is 6.61. The fourth-order valence-corrected chi connectivity index (χ4v) is 2.89. The molecular weight excluding hydrogens is 244 g/mol. The molecule has 2 aromatic carbocycles. The molecule has 1 heteroatoms. The lowest BCUT2D eigenvalue weighted by Gasteiger charge is -2.15. The van der Waals surface area contributed by atoms with Gasteiger partial charge in [-0.05, 0) is 50.7 Å². The van der Waals surface area contributed by atoms with Gasteiger partial charge in [-0.1, -0.05) is 59.2 Å². The molecule has 0 aliphatic rings. The van der Waals surface area contributed by atoms with E-state index in [1.165, 1.54) is 27.8 Å². The molecule has 1 nitrogen and oxygen atoms in total. The van der Waals surface area contributed by atoms with Crippen LogP contribution in [0.3, 0.4) is 0 Å². The lowest BCUT2D eigenvalue weighted by Crippen LogP contribution is -2.13. The number of hydrogen-bond acceptors (Lipinski definition) is 1. The van der Waals surface area contributed by atoms with Crippen LogP contribution in [0.4, 0.5) is 0 Å². The number of hydrogen-bond donors (Lipinski definition) is 1. The second kappa shape index (κ2) is 6.71. The van der Waals surface area contributed by atoms with E-state index in [2.05, 4.69) is 63.2 Å². The van der Waals surface area contributed by atoms with Gasteiger partial charge in [0.2, 0.25) is 0 Å². The highest BCUT2D eigenvalue weighted by molar-refractivity contribution is 5.29. The van der Waals surface area contributed by atoms with Crippen molar-refractivity contribution < 1.29 is 5.11 Å². The van der Waals surface area contributed by atoms with Crippen molar-refractivity contribution in [2.45, 2.75) is 33.6 Å². The van der Waals surface area contributed by atoms with Gasteiger partial charge < -0.3 is 5.11 Å². The third-order valence-electron chi connectivity index (χ3n) is 3.67. The van der Waals surface area contributed by atoms with Crippen molar-refractivity contribution >= 4 is 0 Å². The van der Waals surface area contributed by atoms with Gasteiger partial charge in [-0.2, -0.15) is 0 Å². The maximum absolute atomic E-state index is 9.66. The molecule has 0 aliphatic carbocycles. The van der Waals surface area contributed by atoms with Gasteiger partial charge >= 0.3 is 0 Å². The third-order valence-corrected chi connectivity index (χ3v) is 3.67. The lowest BCUT2D eigenvalue weighted by atomic mass is 9.91. The van der Waals surface area contributed by atoms with Crippen molar-refractivity contribution in [1.82, 2.24) is 0 Å². The zero-order valence-electron chi connectivity index (χ0n) is 12.7. The summed E-state index contributed by atoms with van der Waals surface area (Å²) in [6.07, 6.45) is 1.87. The molecule has 2 rings (SSSR count). The number of aliphatic hydroxyl groups is 1. The van der Waals surface area contributed by atoms with Gasteiger partial charge in [-0.25, -0.2) is 0 Å². The second-order valence-corrected chi connectivity index (χ2v) is 5.94. The fraction of sp³-hybridized carbons (Fsp3) is 0.368. The van der Waals surface area contributed by atoms with Crippen molar-refractivity contribution in [2.24, 2.45) is 5.92 Å². The first-order valence-electron chi connectivity index (χ1n) is 7.30. The summed E-state index contributed by atoms with van der Waals surface area (Å²) in [5, 5.41) is 9.66. The van der Waals surface area contributed by atoms with Crippen molar-refractivity contribution in [3.63, 3.8) is 0 Å². The van der Waals surface area contributed by atoms with E-state index in [-0.39, 0.29) is 12.5 Å². The van der Waals surface area contributed by atoms with E-state index in [1.54, 1.807) is 0 Å². The molecule has 0 spiro atoms. The van der Waals surface area contributed by atoms with Crippen molar-refractivity contribution in [1.29, 1.82) is 0 Å². The van der Waals surface area contributed by atoms with Gasteiger partial charge in [0.1, 0.15) is 0 Å². The number of rotatable bonds is 5. The maximum Gasteiger partial charge on any atom is 0.0465 e. The maximum atomic E-state index is 9.66. The average molecular weight is 268 g/mol. The van der Waals surface area contributed by atoms with Crippen LogP contribution in [0.25, 0.3) is 0 Å². The molecule has 0 fully saturated rings. The smallest absolute Gasteiger partial charge is 0.0465 e. The quantitative estimate of drug-likeness (QED) is 0.869. The summed E-state index contributed by atoms with van der Waals surface area (Å²) in [5.74, 6) is 0.290. The SMILES string of the molecule is Cc1cccc(CC(CO)Cc2cc(C)cc(C)c2)c1. The first-order chi connectivity index (χ1) is 9.56. The minimum Gasteiger partial charge on any atom is -0.396 e. The van der Waals surface area contributed by atoms with Crippen molar-refractivity contribution in [3.05, 3.63) is 70.3 Å².